The minimum Gasteiger partial charge on any atom is -0.444 e. The van der Waals surface area contributed by atoms with Crippen molar-refractivity contribution in [3.8, 4) is 0 Å². The molecule has 2 fully saturated rings. The first-order valence-electron chi connectivity index (χ1n) is 16.0. The highest BCUT2D eigenvalue weighted by molar-refractivity contribution is 5.91. The molecule has 2 aliphatic heterocycles. The summed E-state index contributed by atoms with van der Waals surface area (Å²) in [4.78, 5) is 46.5. The number of alkyl halides is 3. The van der Waals surface area contributed by atoms with E-state index < -0.39 is 36.0 Å². The van der Waals surface area contributed by atoms with Gasteiger partial charge in [0, 0.05) is 19.7 Å². The molecule has 0 radical (unpaired) electrons. The first-order chi connectivity index (χ1) is 21.9. The number of benzene rings is 2. The first-order valence-corrected chi connectivity index (χ1v) is 16.0. The molecule has 2 N–H and O–H groups in total. The normalized spacial score (nSPS) is 20.3. The molecule has 0 aromatic heterocycles. The smallest absolute Gasteiger partial charge is 0.416 e. The largest absolute Gasteiger partial charge is 0.444 e. The lowest BCUT2D eigenvalue weighted by molar-refractivity contribution is -0.173. The molecule has 2 saturated heterocycles. The van der Waals surface area contributed by atoms with Gasteiger partial charge in [-0.15, -0.1) is 0 Å². The van der Waals surface area contributed by atoms with E-state index in [2.05, 4.69) is 0 Å². The molecule has 3 amide bonds. The van der Waals surface area contributed by atoms with E-state index in [4.69, 9.17) is 15.2 Å². The van der Waals surface area contributed by atoms with Gasteiger partial charge in [-0.05, 0) is 82.7 Å². The van der Waals surface area contributed by atoms with Crippen LogP contribution in [0.5, 0.6) is 0 Å². The zero-order valence-electron chi connectivity index (χ0n) is 26.8. The number of piperazine rings is 1. The average Bonchev–Trinajstić information content (AvgIpc) is 3.00. The van der Waals surface area contributed by atoms with Crippen LogP contribution >= 0.6 is 0 Å². The number of carbonyl (C=O) groups excluding carboxylic acids is 3. The van der Waals surface area contributed by atoms with Crippen molar-refractivity contribution in [2.24, 2.45) is 11.7 Å². The number of rotatable bonds is 13. The monoisotopic (exact) mass is 646 g/mol. The molecule has 4 rings (SSSR count). The van der Waals surface area contributed by atoms with Crippen molar-refractivity contribution in [3.63, 3.8) is 0 Å². The van der Waals surface area contributed by atoms with Crippen LogP contribution < -0.4 is 5.73 Å². The number of ether oxygens (including phenoxy) is 2. The Labute approximate surface area is 268 Å². The highest BCUT2D eigenvalue weighted by Gasteiger charge is 2.51. The van der Waals surface area contributed by atoms with Gasteiger partial charge < -0.3 is 25.0 Å². The van der Waals surface area contributed by atoms with Crippen molar-refractivity contribution in [1.29, 1.82) is 0 Å². The second-order valence-electron chi connectivity index (χ2n) is 12.4. The summed E-state index contributed by atoms with van der Waals surface area (Å²) in [5.74, 6) is -1.03. The summed E-state index contributed by atoms with van der Waals surface area (Å²) in [6, 6.07) is 12.2. The molecule has 0 aliphatic carbocycles. The van der Waals surface area contributed by atoms with Crippen LogP contribution in [-0.2, 0) is 38.3 Å². The van der Waals surface area contributed by atoms with Gasteiger partial charge in [0.25, 0.3) is 0 Å². The summed E-state index contributed by atoms with van der Waals surface area (Å²) < 4.78 is 51.6. The van der Waals surface area contributed by atoms with E-state index in [0.29, 0.717) is 57.4 Å². The zero-order valence-corrected chi connectivity index (χ0v) is 26.8. The number of amides is 3. The maximum absolute atomic E-state index is 14.1. The van der Waals surface area contributed by atoms with Crippen molar-refractivity contribution in [2.75, 3.05) is 32.8 Å². The van der Waals surface area contributed by atoms with Gasteiger partial charge in [0.2, 0.25) is 11.8 Å². The highest BCUT2D eigenvalue weighted by atomic mass is 19.4. The summed E-state index contributed by atoms with van der Waals surface area (Å²) in [6.45, 7) is 6.46. The van der Waals surface area contributed by atoms with E-state index in [1.807, 2.05) is 44.2 Å². The van der Waals surface area contributed by atoms with Crippen LogP contribution in [0.2, 0.25) is 0 Å². The van der Waals surface area contributed by atoms with Gasteiger partial charge in [-0.1, -0.05) is 42.0 Å². The Kier molecular flexibility index (Phi) is 12.1. The van der Waals surface area contributed by atoms with Crippen molar-refractivity contribution in [2.45, 2.75) is 84.0 Å². The number of fused-ring (bicyclic) bond motifs is 1. The van der Waals surface area contributed by atoms with Crippen molar-refractivity contribution in [1.82, 2.24) is 14.7 Å². The predicted molar refractivity (Wildman–Crippen MR) is 166 cm³/mol. The molecule has 2 aromatic carbocycles. The number of nitrogens with two attached hydrogens (primary N) is 1. The van der Waals surface area contributed by atoms with Crippen LogP contribution in [0.3, 0.4) is 0 Å². The fourth-order valence-electron chi connectivity index (χ4n) is 6.21. The maximum atomic E-state index is 14.1. The van der Waals surface area contributed by atoms with Gasteiger partial charge >= 0.3 is 12.3 Å². The average molecular weight is 647 g/mol. The molecule has 2 heterocycles. The summed E-state index contributed by atoms with van der Waals surface area (Å²) >= 11 is 0. The zero-order chi connectivity index (χ0) is 33.4. The van der Waals surface area contributed by atoms with Gasteiger partial charge in [-0.2, -0.15) is 13.2 Å². The standard InChI is InChI=1S/C34H45F3N4O5/c1-23(2)45-15-9-14-39-21-30-40(33(44)46-22-26-16-24(3)17-28(19-26)34(35,36)37)20-27(18-25-10-5-4-6-11-25)31(42)41(30)29(32(39)43)12-7-8-13-38/h4-6,10-11,16-17,19,23,27,29-30H,7-9,12-15,18,20-22,38H2,1-3H3/t27-,29+,30-/m1/s1. The number of carbonyl (C=O) groups is 3. The van der Waals surface area contributed by atoms with E-state index in [1.165, 1.54) is 4.90 Å². The summed E-state index contributed by atoms with van der Waals surface area (Å²) in [6.07, 6.45) is -3.43. The van der Waals surface area contributed by atoms with Crippen molar-refractivity contribution < 1.29 is 37.0 Å². The fraction of sp³-hybridized carbons (Fsp3) is 0.559. The molecular weight excluding hydrogens is 601 g/mol. The van der Waals surface area contributed by atoms with Gasteiger partial charge in [0.15, 0.2) is 0 Å². The quantitative estimate of drug-likeness (QED) is 0.303. The lowest BCUT2D eigenvalue weighted by Crippen LogP contribution is -2.73. The molecule has 12 heteroatoms. The Morgan fingerprint density at radius 3 is 2.41 bits per heavy atom. The van der Waals surface area contributed by atoms with E-state index in [0.717, 1.165) is 17.7 Å². The van der Waals surface area contributed by atoms with Gasteiger partial charge in [0.05, 0.1) is 24.1 Å². The van der Waals surface area contributed by atoms with E-state index in [9.17, 15) is 27.6 Å². The molecular formula is C34H45F3N4O5. The number of unbranched alkanes of at least 4 members (excludes halogenated alkanes) is 1. The van der Waals surface area contributed by atoms with Gasteiger partial charge in [-0.3, -0.25) is 14.5 Å². The second kappa shape index (κ2) is 15.8. The van der Waals surface area contributed by atoms with Crippen LogP contribution in [0, 0.1) is 12.8 Å². The molecule has 0 unspecified atom stereocenters. The predicted octanol–water partition coefficient (Wildman–Crippen LogP) is 5.13. The van der Waals surface area contributed by atoms with E-state index in [-0.39, 0.29) is 43.2 Å². The summed E-state index contributed by atoms with van der Waals surface area (Å²) in [5.41, 5.74) is 6.42. The number of hydrogen-bond acceptors (Lipinski definition) is 6. The number of hydrogen-bond donors (Lipinski definition) is 1. The third kappa shape index (κ3) is 9.00. The number of halogens is 3. The Hall–Kier alpha value is -3.64. The topological polar surface area (TPSA) is 105 Å². The Morgan fingerprint density at radius 2 is 1.74 bits per heavy atom. The minimum absolute atomic E-state index is 0.0416. The molecule has 0 bridgehead atoms. The van der Waals surface area contributed by atoms with Crippen LogP contribution in [0.15, 0.2) is 48.5 Å². The van der Waals surface area contributed by atoms with E-state index in [1.54, 1.807) is 22.8 Å². The van der Waals surface area contributed by atoms with Crippen LogP contribution in [0.4, 0.5) is 18.0 Å². The molecule has 3 atom stereocenters. The molecule has 0 saturated carbocycles. The van der Waals surface area contributed by atoms with Gasteiger partial charge in [0.1, 0.15) is 18.8 Å². The van der Waals surface area contributed by atoms with Crippen molar-refractivity contribution >= 4 is 17.9 Å². The fourth-order valence-corrected chi connectivity index (χ4v) is 6.21. The van der Waals surface area contributed by atoms with Crippen molar-refractivity contribution in [3.05, 3.63) is 70.8 Å². The Morgan fingerprint density at radius 1 is 1.00 bits per heavy atom. The molecule has 9 nitrogen and oxygen atoms in total. The molecule has 46 heavy (non-hydrogen) atoms. The Bertz CT molecular complexity index is 1340. The SMILES string of the molecule is Cc1cc(COC(=O)N2C[C@@H](Cc3ccccc3)C(=O)N3[C@@H]2CN(CCCOC(C)C)C(=O)[C@@H]3CCCCN)cc(C(F)(F)F)c1. The summed E-state index contributed by atoms with van der Waals surface area (Å²) in [5, 5.41) is 0. The minimum atomic E-state index is -4.54. The Balaban J connectivity index is 1.62. The van der Waals surface area contributed by atoms with Crippen LogP contribution in [-0.4, -0.2) is 83.7 Å². The van der Waals surface area contributed by atoms with Crippen LogP contribution in [0.1, 0.15) is 61.8 Å². The number of nitrogens with zero attached hydrogens (tertiary/aromatic N) is 3. The number of aryl methyl sites for hydroxylation is 1. The third-order valence-corrected chi connectivity index (χ3v) is 8.36. The van der Waals surface area contributed by atoms with Crippen LogP contribution in [0.25, 0.3) is 0 Å². The maximum Gasteiger partial charge on any atom is 0.416 e. The first kappa shape index (κ1) is 35.2. The van der Waals surface area contributed by atoms with E-state index >= 15 is 0 Å². The highest BCUT2D eigenvalue weighted by Crippen LogP contribution is 2.33. The third-order valence-electron chi connectivity index (χ3n) is 8.36. The second-order valence-corrected chi connectivity index (χ2v) is 12.4. The molecule has 2 aromatic rings. The molecule has 252 valence electrons. The lowest BCUT2D eigenvalue weighted by Gasteiger charge is -2.53. The lowest BCUT2D eigenvalue weighted by atomic mass is 9.90. The van der Waals surface area contributed by atoms with Gasteiger partial charge in [-0.25, -0.2) is 4.79 Å². The molecule has 0 spiro atoms. The molecule has 2 aliphatic rings. The summed E-state index contributed by atoms with van der Waals surface area (Å²) in [7, 11) is 0.